The molecule has 0 spiro atoms. The molecule has 8 nitrogen and oxygen atoms in total. The van der Waals surface area contributed by atoms with Crippen LogP contribution in [0.3, 0.4) is 0 Å². The first-order valence-electron chi connectivity index (χ1n) is 10.7. The minimum absolute atomic E-state index is 0.0641. The predicted molar refractivity (Wildman–Crippen MR) is 120 cm³/mol. The average Bonchev–Trinajstić information content (AvgIpc) is 3.44. The summed E-state index contributed by atoms with van der Waals surface area (Å²) in [5.74, 6) is 0.529. The van der Waals surface area contributed by atoms with Crippen LogP contribution in [-0.2, 0) is 13.0 Å². The largest absolute Gasteiger partial charge is 0.328 e. The molecule has 4 rings (SSSR count). The van der Waals surface area contributed by atoms with Gasteiger partial charge in [-0.2, -0.15) is 0 Å². The Labute approximate surface area is 181 Å². The summed E-state index contributed by atoms with van der Waals surface area (Å²) in [5.41, 5.74) is 4.89. The number of nitrogens with one attached hydrogen (secondary N) is 1. The number of imidazole rings is 1. The fourth-order valence-corrected chi connectivity index (χ4v) is 3.74. The molecule has 31 heavy (non-hydrogen) atoms. The molecule has 0 bridgehead atoms. The number of aryl methyl sites for hydroxylation is 1. The molecule has 0 saturated heterocycles. The highest BCUT2D eigenvalue weighted by Crippen LogP contribution is 2.28. The third-order valence-corrected chi connectivity index (χ3v) is 5.64. The van der Waals surface area contributed by atoms with E-state index in [4.69, 9.17) is 0 Å². The highest BCUT2D eigenvalue weighted by atomic mass is 16.1. The van der Waals surface area contributed by atoms with Crippen LogP contribution in [0.4, 0.5) is 0 Å². The lowest BCUT2D eigenvalue weighted by atomic mass is 10.0. The second kappa shape index (κ2) is 9.07. The number of H-pyrrole nitrogens is 1. The maximum absolute atomic E-state index is 13.0. The van der Waals surface area contributed by atoms with Crippen LogP contribution in [-0.4, -0.2) is 34.7 Å². The van der Waals surface area contributed by atoms with E-state index in [1.54, 1.807) is 6.20 Å². The van der Waals surface area contributed by atoms with E-state index in [1.165, 1.54) is 0 Å². The number of hydrogen-bond acceptors (Lipinski definition) is 5. The molecule has 1 N–H and O–H groups in total. The summed E-state index contributed by atoms with van der Waals surface area (Å²) in [6.45, 7) is 6.89. The van der Waals surface area contributed by atoms with Crippen LogP contribution in [0.2, 0.25) is 0 Å². The van der Waals surface area contributed by atoms with Crippen molar-refractivity contribution in [1.82, 2.24) is 34.7 Å². The van der Waals surface area contributed by atoms with Gasteiger partial charge in [0.05, 0.1) is 6.54 Å². The van der Waals surface area contributed by atoms with E-state index in [1.807, 2.05) is 27.5 Å². The lowest BCUT2D eigenvalue weighted by Gasteiger charge is -2.10. The summed E-state index contributed by atoms with van der Waals surface area (Å²) in [4.78, 5) is 17.5. The van der Waals surface area contributed by atoms with Gasteiger partial charge < -0.3 is 0 Å². The third kappa shape index (κ3) is 4.19. The summed E-state index contributed by atoms with van der Waals surface area (Å²) in [5, 5.41) is 14.1. The molecular formula is C23H27N7O. The van der Waals surface area contributed by atoms with Crippen LogP contribution in [0.25, 0.3) is 22.6 Å². The Morgan fingerprint density at radius 2 is 1.94 bits per heavy atom. The van der Waals surface area contributed by atoms with Gasteiger partial charge >= 0.3 is 5.69 Å². The molecule has 160 valence electrons. The smallest absolute Gasteiger partial charge is 0.296 e. The second-order valence-corrected chi connectivity index (χ2v) is 7.75. The molecule has 0 fully saturated rings. The van der Waals surface area contributed by atoms with Crippen LogP contribution in [0.5, 0.6) is 0 Å². The maximum Gasteiger partial charge on any atom is 0.328 e. The van der Waals surface area contributed by atoms with Gasteiger partial charge in [0.25, 0.3) is 0 Å². The molecule has 0 saturated carbocycles. The molecule has 1 aromatic carbocycles. The van der Waals surface area contributed by atoms with Crippen molar-refractivity contribution < 1.29 is 0 Å². The van der Waals surface area contributed by atoms with Gasteiger partial charge in [0.15, 0.2) is 5.82 Å². The summed E-state index contributed by atoms with van der Waals surface area (Å²) in [6.07, 6.45) is 6.57. The van der Waals surface area contributed by atoms with Crippen LogP contribution in [0, 0.1) is 0 Å². The first-order chi connectivity index (χ1) is 15.1. The first-order valence-corrected chi connectivity index (χ1v) is 10.7. The molecular weight excluding hydrogens is 390 g/mol. The number of rotatable bonds is 8. The topological polar surface area (TPSA) is 94.3 Å². The first kappa shape index (κ1) is 20.7. The number of benzene rings is 1. The number of aromatic amines is 1. The van der Waals surface area contributed by atoms with Crippen molar-refractivity contribution in [2.24, 2.45) is 0 Å². The summed E-state index contributed by atoms with van der Waals surface area (Å²) in [7, 11) is 0. The van der Waals surface area contributed by atoms with Gasteiger partial charge in [0.1, 0.15) is 5.69 Å². The Morgan fingerprint density at radius 3 is 2.61 bits per heavy atom. The zero-order valence-corrected chi connectivity index (χ0v) is 18.1. The fourth-order valence-electron chi connectivity index (χ4n) is 3.74. The molecule has 0 radical (unpaired) electrons. The molecule has 1 atom stereocenters. The molecule has 0 amide bonds. The molecule has 3 heterocycles. The van der Waals surface area contributed by atoms with E-state index in [2.05, 4.69) is 70.6 Å². The molecule has 0 aliphatic rings. The molecule has 8 heteroatoms. The van der Waals surface area contributed by atoms with Gasteiger partial charge in [0, 0.05) is 29.7 Å². The van der Waals surface area contributed by atoms with Crippen LogP contribution in [0.15, 0.2) is 53.6 Å². The van der Waals surface area contributed by atoms with Gasteiger partial charge in [0.2, 0.25) is 0 Å². The van der Waals surface area contributed by atoms with Crippen LogP contribution in [0.1, 0.15) is 50.9 Å². The Bertz CT molecular complexity index is 1190. The monoisotopic (exact) mass is 417 g/mol. The number of aromatic nitrogens is 7. The van der Waals surface area contributed by atoms with Gasteiger partial charge in [-0.15, -0.1) is 5.10 Å². The molecule has 4 aromatic rings. The maximum atomic E-state index is 13.0. The van der Waals surface area contributed by atoms with Gasteiger partial charge in [-0.1, -0.05) is 50.6 Å². The van der Waals surface area contributed by atoms with Crippen molar-refractivity contribution in [3.63, 3.8) is 0 Å². The van der Waals surface area contributed by atoms with E-state index in [0.29, 0.717) is 18.1 Å². The molecule has 0 aliphatic heterocycles. The minimum Gasteiger partial charge on any atom is -0.296 e. The van der Waals surface area contributed by atoms with Crippen molar-refractivity contribution in [3.8, 4) is 22.6 Å². The second-order valence-electron chi connectivity index (χ2n) is 7.75. The zero-order chi connectivity index (χ0) is 21.8. The van der Waals surface area contributed by atoms with E-state index >= 15 is 0 Å². The lowest BCUT2D eigenvalue weighted by Crippen LogP contribution is -2.27. The normalized spacial score (nSPS) is 12.2. The van der Waals surface area contributed by atoms with Crippen molar-refractivity contribution in [3.05, 3.63) is 70.5 Å². The van der Waals surface area contributed by atoms with Crippen LogP contribution >= 0.6 is 0 Å². The van der Waals surface area contributed by atoms with Gasteiger partial charge in [-0.3, -0.25) is 14.1 Å². The summed E-state index contributed by atoms with van der Waals surface area (Å²) < 4.78 is 3.77. The average molecular weight is 418 g/mol. The SMILES string of the molecule is CCCc1cn(C(C)CC)c(=O)n1Cc1ccc(-c2cccnc2-c2nnn[nH]2)cc1. The molecule has 3 aromatic heterocycles. The van der Waals surface area contributed by atoms with Crippen molar-refractivity contribution in [1.29, 1.82) is 0 Å². The highest BCUT2D eigenvalue weighted by Gasteiger charge is 2.15. The number of hydrogen-bond donors (Lipinski definition) is 1. The Kier molecular flexibility index (Phi) is 6.06. The third-order valence-electron chi connectivity index (χ3n) is 5.64. The number of tetrazole rings is 1. The number of nitrogens with zero attached hydrogens (tertiary/aromatic N) is 6. The Hall–Kier alpha value is -3.55. The van der Waals surface area contributed by atoms with Gasteiger partial charge in [-0.05, 0) is 47.4 Å². The van der Waals surface area contributed by atoms with Crippen molar-refractivity contribution in [2.45, 2.75) is 52.6 Å². The summed E-state index contributed by atoms with van der Waals surface area (Å²) >= 11 is 0. The minimum atomic E-state index is 0.0641. The molecule has 1 unspecified atom stereocenters. The van der Waals surface area contributed by atoms with E-state index in [0.717, 1.165) is 41.6 Å². The standard InChI is InChI=1S/C23H27N7O/c1-4-7-19-15-29(16(3)5-2)23(31)30(19)14-17-9-11-18(12-10-17)20-8-6-13-24-21(20)22-25-27-28-26-22/h6,8-13,15-16H,4-5,7,14H2,1-3H3,(H,25,26,27,28). The predicted octanol–water partition coefficient (Wildman–Crippen LogP) is 3.86. The Morgan fingerprint density at radius 1 is 1.13 bits per heavy atom. The fraction of sp³-hybridized carbons (Fsp3) is 0.348. The van der Waals surface area contributed by atoms with E-state index in [9.17, 15) is 4.79 Å². The van der Waals surface area contributed by atoms with Crippen molar-refractivity contribution >= 4 is 0 Å². The quantitative estimate of drug-likeness (QED) is 0.470. The zero-order valence-electron chi connectivity index (χ0n) is 18.1. The van der Waals surface area contributed by atoms with E-state index in [-0.39, 0.29) is 11.7 Å². The summed E-state index contributed by atoms with van der Waals surface area (Å²) in [6, 6.07) is 12.3. The van der Waals surface area contributed by atoms with Gasteiger partial charge in [-0.25, -0.2) is 9.89 Å². The Balaban J connectivity index is 1.64. The number of pyridine rings is 1. The highest BCUT2D eigenvalue weighted by molar-refractivity contribution is 5.77. The van der Waals surface area contributed by atoms with Crippen molar-refractivity contribution in [2.75, 3.05) is 0 Å². The van der Waals surface area contributed by atoms with E-state index < -0.39 is 0 Å². The lowest BCUT2D eigenvalue weighted by molar-refractivity contribution is 0.504. The molecule has 0 aliphatic carbocycles. The van der Waals surface area contributed by atoms with Crippen LogP contribution < -0.4 is 5.69 Å².